The third-order valence-electron chi connectivity index (χ3n) is 5.32. The lowest BCUT2D eigenvalue weighted by Gasteiger charge is -2.26. The highest BCUT2D eigenvalue weighted by Gasteiger charge is 2.47. The van der Waals surface area contributed by atoms with Crippen LogP contribution in [0.15, 0.2) is 78.4 Å². The van der Waals surface area contributed by atoms with Crippen LogP contribution in [0, 0.1) is 5.82 Å². The fourth-order valence-corrected chi connectivity index (χ4v) is 3.80. The van der Waals surface area contributed by atoms with Gasteiger partial charge in [0.2, 0.25) is 0 Å². The number of ether oxygens (including phenoxy) is 2. The fourth-order valence-electron chi connectivity index (χ4n) is 3.80. The summed E-state index contributed by atoms with van der Waals surface area (Å²) >= 11 is 0. The third kappa shape index (κ3) is 4.81. The van der Waals surface area contributed by atoms with Gasteiger partial charge in [-0.15, -0.1) is 13.2 Å². The monoisotopic (exact) mass is 487 g/mol. The zero-order valence-electron chi connectivity index (χ0n) is 18.0. The van der Waals surface area contributed by atoms with Gasteiger partial charge < -0.3 is 14.6 Å². The number of hydrogen-bond acceptors (Lipinski definition) is 5. The molecule has 1 aliphatic rings. The van der Waals surface area contributed by atoms with Gasteiger partial charge in [-0.05, 0) is 66.2 Å². The number of ketones is 1. The number of aliphatic hydroxyl groups is 1. The van der Waals surface area contributed by atoms with E-state index in [9.17, 15) is 32.3 Å². The molecule has 1 heterocycles. The van der Waals surface area contributed by atoms with Crippen LogP contribution in [-0.2, 0) is 9.59 Å². The van der Waals surface area contributed by atoms with Gasteiger partial charge in [0.25, 0.3) is 11.7 Å². The van der Waals surface area contributed by atoms with Crippen molar-refractivity contribution >= 4 is 23.1 Å². The molecule has 0 aliphatic carbocycles. The van der Waals surface area contributed by atoms with Gasteiger partial charge in [-0.3, -0.25) is 14.5 Å². The molecule has 3 aromatic rings. The largest absolute Gasteiger partial charge is 0.573 e. The summed E-state index contributed by atoms with van der Waals surface area (Å²) in [6.45, 7) is 0. The molecule has 1 aliphatic heterocycles. The highest BCUT2D eigenvalue weighted by Crippen LogP contribution is 2.43. The Morgan fingerprint density at radius 2 is 1.60 bits per heavy atom. The Labute approximate surface area is 196 Å². The maximum absolute atomic E-state index is 13.4. The van der Waals surface area contributed by atoms with E-state index in [2.05, 4.69) is 4.74 Å². The van der Waals surface area contributed by atoms with Gasteiger partial charge in [-0.1, -0.05) is 12.1 Å². The Balaban J connectivity index is 1.86. The zero-order valence-corrected chi connectivity index (χ0v) is 18.0. The first kappa shape index (κ1) is 23.8. The first-order valence-electron chi connectivity index (χ1n) is 10.2. The number of nitrogens with zero attached hydrogens (tertiary/aromatic N) is 1. The van der Waals surface area contributed by atoms with Crippen molar-refractivity contribution in [2.75, 3.05) is 12.0 Å². The van der Waals surface area contributed by atoms with Crippen LogP contribution in [0.2, 0.25) is 0 Å². The van der Waals surface area contributed by atoms with Gasteiger partial charge in [0.05, 0.1) is 18.7 Å². The quantitative estimate of drug-likeness (QED) is 0.227. The highest BCUT2D eigenvalue weighted by atomic mass is 19.4. The molecule has 1 atom stereocenters. The van der Waals surface area contributed by atoms with E-state index in [-0.39, 0.29) is 16.8 Å². The van der Waals surface area contributed by atoms with Gasteiger partial charge in [0.1, 0.15) is 23.1 Å². The lowest BCUT2D eigenvalue weighted by atomic mass is 9.95. The van der Waals surface area contributed by atoms with E-state index in [1.807, 2.05) is 0 Å². The zero-order chi connectivity index (χ0) is 25.3. The lowest BCUT2D eigenvalue weighted by Crippen LogP contribution is -2.29. The molecule has 0 saturated carbocycles. The number of Topliss-reactive ketones (excluding diaryl/α,β-unsaturated/α-hetero) is 1. The summed E-state index contributed by atoms with van der Waals surface area (Å²) in [7, 11) is 1.42. The van der Waals surface area contributed by atoms with Gasteiger partial charge in [-0.2, -0.15) is 0 Å². The average Bonchev–Trinajstić information content (AvgIpc) is 3.09. The number of benzene rings is 3. The van der Waals surface area contributed by atoms with Crippen LogP contribution in [0.3, 0.4) is 0 Å². The van der Waals surface area contributed by atoms with E-state index in [1.54, 1.807) is 24.3 Å². The molecular formula is C25H17F4NO5. The molecule has 1 amide bonds. The van der Waals surface area contributed by atoms with Crippen molar-refractivity contribution < 1.29 is 41.7 Å². The number of halogens is 4. The number of aliphatic hydroxyl groups excluding tert-OH is 1. The maximum atomic E-state index is 13.4. The molecule has 180 valence electrons. The summed E-state index contributed by atoms with van der Waals surface area (Å²) in [6.07, 6.45) is -4.90. The van der Waals surface area contributed by atoms with Crippen molar-refractivity contribution in [3.05, 3.63) is 95.3 Å². The Bertz CT molecular complexity index is 1300. The standard InChI is InChI=1S/C25H17F4NO5/c1-34-19-4-2-3-15(13-19)21-20(22(31)14-5-7-16(26)8-6-14)23(32)24(33)30(21)17-9-11-18(12-10-17)35-25(27,28)29/h2-13,21,31H,1H3/b22-20-. The van der Waals surface area contributed by atoms with Crippen LogP contribution in [0.1, 0.15) is 17.2 Å². The molecule has 4 rings (SSSR count). The van der Waals surface area contributed by atoms with Crippen molar-refractivity contribution in [3.8, 4) is 11.5 Å². The minimum absolute atomic E-state index is 0.0904. The number of rotatable bonds is 5. The molecule has 3 aromatic carbocycles. The molecule has 1 unspecified atom stereocenters. The molecule has 10 heteroatoms. The molecule has 0 bridgehead atoms. The third-order valence-corrected chi connectivity index (χ3v) is 5.32. The highest BCUT2D eigenvalue weighted by molar-refractivity contribution is 6.51. The minimum Gasteiger partial charge on any atom is -0.507 e. The average molecular weight is 487 g/mol. The van der Waals surface area contributed by atoms with Gasteiger partial charge in [-0.25, -0.2) is 4.39 Å². The van der Waals surface area contributed by atoms with Crippen LogP contribution in [0.4, 0.5) is 23.2 Å². The normalized spacial score (nSPS) is 17.5. The minimum atomic E-state index is -4.90. The molecule has 6 nitrogen and oxygen atoms in total. The Hall–Kier alpha value is -4.34. The molecule has 0 spiro atoms. The van der Waals surface area contributed by atoms with E-state index in [0.29, 0.717) is 11.3 Å². The van der Waals surface area contributed by atoms with Crippen LogP contribution in [0.25, 0.3) is 5.76 Å². The fraction of sp³-hybridized carbons (Fsp3) is 0.120. The SMILES string of the molecule is COc1cccc(C2/C(=C(/O)c3ccc(F)cc3)C(=O)C(=O)N2c2ccc(OC(F)(F)F)cc2)c1. The second-order valence-corrected chi connectivity index (χ2v) is 7.49. The van der Waals surface area contributed by atoms with Crippen molar-refractivity contribution in [2.24, 2.45) is 0 Å². The molecule has 35 heavy (non-hydrogen) atoms. The number of alkyl halides is 3. The summed E-state index contributed by atoms with van der Waals surface area (Å²) in [5.74, 6) is -3.23. The summed E-state index contributed by atoms with van der Waals surface area (Å²) in [5.41, 5.74) is 0.312. The second-order valence-electron chi connectivity index (χ2n) is 7.49. The molecular weight excluding hydrogens is 470 g/mol. The van der Waals surface area contributed by atoms with E-state index < -0.39 is 41.4 Å². The predicted molar refractivity (Wildman–Crippen MR) is 117 cm³/mol. The van der Waals surface area contributed by atoms with Gasteiger partial charge >= 0.3 is 6.36 Å². The number of anilines is 1. The molecule has 1 saturated heterocycles. The van der Waals surface area contributed by atoms with Crippen LogP contribution >= 0.6 is 0 Å². The Kier molecular flexibility index (Phi) is 6.21. The molecule has 0 radical (unpaired) electrons. The predicted octanol–water partition coefficient (Wildman–Crippen LogP) is 5.36. The van der Waals surface area contributed by atoms with Crippen LogP contribution in [0.5, 0.6) is 11.5 Å². The summed E-state index contributed by atoms with van der Waals surface area (Å²) < 4.78 is 60.1. The van der Waals surface area contributed by atoms with Crippen molar-refractivity contribution in [1.82, 2.24) is 0 Å². The lowest BCUT2D eigenvalue weighted by molar-refractivity contribution is -0.274. The topological polar surface area (TPSA) is 76.1 Å². The number of methoxy groups -OCH3 is 1. The second kappa shape index (κ2) is 9.13. The van der Waals surface area contributed by atoms with E-state index in [4.69, 9.17) is 4.74 Å². The van der Waals surface area contributed by atoms with E-state index >= 15 is 0 Å². The van der Waals surface area contributed by atoms with Gasteiger partial charge in [0, 0.05) is 11.3 Å². The number of carbonyl (C=O) groups is 2. The van der Waals surface area contributed by atoms with E-state index in [0.717, 1.165) is 29.2 Å². The van der Waals surface area contributed by atoms with Crippen LogP contribution < -0.4 is 14.4 Å². The molecule has 0 aromatic heterocycles. The molecule has 1 fully saturated rings. The maximum Gasteiger partial charge on any atom is 0.573 e. The smallest absolute Gasteiger partial charge is 0.507 e. The van der Waals surface area contributed by atoms with Crippen molar-refractivity contribution in [2.45, 2.75) is 12.4 Å². The number of carbonyl (C=O) groups excluding carboxylic acids is 2. The summed E-state index contributed by atoms with van der Waals surface area (Å²) in [4.78, 5) is 27.2. The number of amides is 1. The van der Waals surface area contributed by atoms with E-state index in [1.165, 1.54) is 31.4 Å². The Morgan fingerprint density at radius 3 is 2.20 bits per heavy atom. The van der Waals surface area contributed by atoms with Crippen molar-refractivity contribution in [1.29, 1.82) is 0 Å². The number of hydrogen-bond donors (Lipinski definition) is 1. The van der Waals surface area contributed by atoms with Crippen LogP contribution in [-0.4, -0.2) is 30.3 Å². The molecule has 1 N–H and O–H groups in total. The summed E-state index contributed by atoms with van der Waals surface area (Å²) in [5, 5.41) is 11.0. The first-order valence-corrected chi connectivity index (χ1v) is 10.2. The Morgan fingerprint density at radius 1 is 0.943 bits per heavy atom. The van der Waals surface area contributed by atoms with Gasteiger partial charge in [0.15, 0.2) is 0 Å². The van der Waals surface area contributed by atoms with Crippen molar-refractivity contribution in [3.63, 3.8) is 0 Å². The summed E-state index contributed by atoms with van der Waals surface area (Å²) in [6, 6.07) is 14.3. The first-order chi connectivity index (χ1) is 16.6.